The summed E-state index contributed by atoms with van der Waals surface area (Å²) in [6, 6.07) is -0.236. The van der Waals surface area contributed by atoms with E-state index in [4.69, 9.17) is 4.74 Å². The Kier molecular flexibility index (Phi) is 5.93. The molecule has 154 valence electrons. The van der Waals surface area contributed by atoms with Gasteiger partial charge >= 0.3 is 5.69 Å². The summed E-state index contributed by atoms with van der Waals surface area (Å²) in [5, 5.41) is 0. The molecule has 1 aromatic rings. The maximum absolute atomic E-state index is 12.9. The molecule has 9 heteroatoms. The average Bonchev–Trinajstić information content (AvgIpc) is 3.11. The normalized spacial score (nSPS) is 23.5. The highest BCUT2D eigenvalue weighted by Gasteiger charge is 2.30. The van der Waals surface area contributed by atoms with Crippen molar-refractivity contribution in [3.63, 3.8) is 0 Å². The van der Waals surface area contributed by atoms with Gasteiger partial charge in [0.1, 0.15) is 0 Å². The molecular formula is C19H29N5O4. The first kappa shape index (κ1) is 19.4. The van der Waals surface area contributed by atoms with Gasteiger partial charge in [0.15, 0.2) is 0 Å². The molecule has 1 unspecified atom stereocenters. The van der Waals surface area contributed by atoms with Crippen LogP contribution in [0.4, 0.5) is 0 Å². The number of ether oxygens (including phenoxy) is 1. The van der Waals surface area contributed by atoms with Crippen LogP contribution in [0.3, 0.4) is 0 Å². The third-order valence-electron chi connectivity index (χ3n) is 6.09. The molecule has 2 fully saturated rings. The van der Waals surface area contributed by atoms with Gasteiger partial charge in [-0.1, -0.05) is 19.3 Å². The van der Waals surface area contributed by atoms with Crippen molar-refractivity contribution in [1.82, 2.24) is 25.3 Å². The molecule has 1 saturated heterocycles. The molecule has 28 heavy (non-hydrogen) atoms. The minimum Gasteiger partial charge on any atom is -0.379 e. The number of H-pyrrole nitrogens is 1. The second kappa shape index (κ2) is 8.59. The highest BCUT2D eigenvalue weighted by atomic mass is 16.5. The Hall–Kier alpha value is -1.97. The summed E-state index contributed by atoms with van der Waals surface area (Å²) >= 11 is 0. The maximum atomic E-state index is 12.9. The fourth-order valence-electron chi connectivity index (χ4n) is 4.56. The quantitative estimate of drug-likeness (QED) is 0.609. The zero-order valence-corrected chi connectivity index (χ0v) is 16.2. The number of fused-ring (bicyclic) bond motifs is 1. The molecule has 0 aromatic carbocycles. The van der Waals surface area contributed by atoms with E-state index >= 15 is 0 Å². The standard InChI is InChI=1S/C19H29N5O4/c25-16(12-23-8-10-28-11-9-23)22-21-15-7-6-14-17(15)20-19(27)24(18(14)26)13-4-2-1-3-5-13/h13,15,21H,1-12H2,(H,20,27)(H,22,25). The lowest BCUT2D eigenvalue weighted by Crippen LogP contribution is -2.48. The second-order valence-electron chi connectivity index (χ2n) is 7.96. The first-order valence-corrected chi connectivity index (χ1v) is 10.4. The summed E-state index contributed by atoms with van der Waals surface area (Å²) in [6.45, 7) is 3.08. The van der Waals surface area contributed by atoms with Crippen LogP contribution in [0.1, 0.15) is 61.9 Å². The highest BCUT2D eigenvalue weighted by molar-refractivity contribution is 5.77. The fraction of sp³-hybridized carbons (Fsp3) is 0.737. The van der Waals surface area contributed by atoms with Gasteiger partial charge in [-0.25, -0.2) is 10.2 Å². The van der Waals surface area contributed by atoms with E-state index in [0.717, 1.165) is 38.8 Å². The molecule has 9 nitrogen and oxygen atoms in total. The van der Waals surface area contributed by atoms with Crippen molar-refractivity contribution in [2.75, 3.05) is 32.8 Å². The zero-order valence-electron chi connectivity index (χ0n) is 16.2. The van der Waals surface area contributed by atoms with Crippen LogP contribution >= 0.6 is 0 Å². The van der Waals surface area contributed by atoms with Crippen LogP contribution in [0.25, 0.3) is 0 Å². The van der Waals surface area contributed by atoms with Crippen LogP contribution in [0, 0.1) is 0 Å². The van der Waals surface area contributed by atoms with Gasteiger partial charge in [0, 0.05) is 30.4 Å². The van der Waals surface area contributed by atoms with Gasteiger partial charge in [-0.3, -0.25) is 24.5 Å². The second-order valence-corrected chi connectivity index (χ2v) is 7.96. The van der Waals surface area contributed by atoms with Crippen LogP contribution in [-0.4, -0.2) is 53.2 Å². The van der Waals surface area contributed by atoms with E-state index in [-0.39, 0.29) is 29.2 Å². The van der Waals surface area contributed by atoms with Gasteiger partial charge in [-0.15, -0.1) is 0 Å². The first-order valence-electron chi connectivity index (χ1n) is 10.4. The Labute approximate surface area is 163 Å². The van der Waals surface area contributed by atoms with E-state index in [2.05, 4.69) is 15.8 Å². The zero-order chi connectivity index (χ0) is 19.5. The molecule has 2 heterocycles. The first-order chi connectivity index (χ1) is 13.6. The van der Waals surface area contributed by atoms with Gasteiger partial charge in [-0.2, -0.15) is 0 Å². The molecule has 0 radical (unpaired) electrons. The van der Waals surface area contributed by atoms with Crippen LogP contribution < -0.4 is 22.1 Å². The molecule has 3 aliphatic rings. The number of hydrazine groups is 1. The smallest absolute Gasteiger partial charge is 0.328 e. The third-order valence-corrected chi connectivity index (χ3v) is 6.09. The molecule has 2 aliphatic carbocycles. The number of amides is 1. The molecule has 1 aromatic heterocycles. The highest BCUT2D eigenvalue weighted by Crippen LogP contribution is 2.28. The van der Waals surface area contributed by atoms with Crippen LogP contribution in [-0.2, 0) is 16.0 Å². The van der Waals surface area contributed by atoms with E-state index in [1.54, 1.807) is 0 Å². The molecule has 1 atom stereocenters. The number of nitrogens with zero attached hydrogens (tertiary/aromatic N) is 2. The summed E-state index contributed by atoms with van der Waals surface area (Å²) in [5.74, 6) is -0.131. The van der Waals surface area contributed by atoms with Crippen molar-refractivity contribution < 1.29 is 9.53 Å². The molecule has 0 bridgehead atoms. The van der Waals surface area contributed by atoms with Crippen molar-refractivity contribution in [3.05, 3.63) is 32.1 Å². The Morgan fingerprint density at radius 2 is 1.86 bits per heavy atom. The van der Waals surface area contributed by atoms with Gasteiger partial charge in [0.25, 0.3) is 5.56 Å². The molecule has 3 N–H and O–H groups in total. The van der Waals surface area contributed by atoms with Crippen molar-refractivity contribution in [2.24, 2.45) is 0 Å². The number of carbonyl (C=O) groups excluding carboxylic acids is 1. The summed E-state index contributed by atoms with van der Waals surface area (Å²) in [4.78, 5) is 42.7. The van der Waals surface area contributed by atoms with E-state index in [1.165, 1.54) is 11.0 Å². The lowest BCUT2D eigenvalue weighted by molar-refractivity contribution is -0.124. The molecule has 1 amide bonds. The van der Waals surface area contributed by atoms with Crippen molar-refractivity contribution in [3.8, 4) is 0 Å². The Morgan fingerprint density at radius 1 is 1.11 bits per heavy atom. The van der Waals surface area contributed by atoms with E-state index < -0.39 is 0 Å². The maximum Gasteiger partial charge on any atom is 0.328 e. The number of hydrogen-bond donors (Lipinski definition) is 3. The number of carbonyl (C=O) groups is 1. The molecule has 4 rings (SSSR count). The Bertz CT molecular complexity index is 821. The topological polar surface area (TPSA) is 108 Å². The van der Waals surface area contributed by atoms with E-state index in [0.29, 0.717) is 43.9 Å². The van der Waals surface area contributed by atoms with Gasteiger partial charge in [0.05, 0.1) is 25.8 Å². The number of rotatable bonds is 5. The van der Waals surface area contributed by atoms with Crippen molar-refractivity contribution in [2.45, 2.75) is 57.0 Å². The number of morpholine rings is 1. The van der Waals surface area contributed by atoms with Crippen LogP contribution in [0.5, 0.6) is 0 Å². The predicted molar refractivity (Wildman–Crippen MR) is 103 cm³/mol. The van der Waals surface area contributed by atoms with Crippen molar-refractivity contribution in [1.29, 1.82) is 0 Å². The SMILES string of the molecule is O=C(CN1CCOCC1)NNC1CCc2c1[nH]c(=O)n(C1CCCCC1)c2=O. The third kappa shape index (κ3) is 4.06. The molecule has 1 saturated carbocycles. The number of nitrogens with one attached hydrogen (secondary N) is 3. The minimum absolute atomic E-state index is 0.00975. The molecular weight excluding hydrogens is 362 g/mol. The van der Waals surface area contributed by atoms with Gasteiger partial charge in [-0.05, 0) is 25.7 Å². The van der Waals surface area contributed by atoms with Crippen LogP contribution in [0.2, 0.25) is 0 Å². The Balaban J connectivity index is 1.42. The summed E-state index contributed by atoms with van der Waals surface area (Å²) < 4.78 is 6.71. The van der Waals surface area contributed by atoms with Gasteiger partial charge in [0.2, 0.25) is 5.91 Å². The molecule has 1 aliphatic heterocycles. The number of hydrogen-bond acceptors (Lipinski definition) is 6. The van der Waals surface area contributed by atoms with Crippen LogP contribution in [0.15, 0.2) is 9.59 Å². The van der Waals surface area contributed by atoms with Crippen molar-refractivity contribution >= 4 is 5.91 Å². The monoisotopic (exact) mass is 391 g/mol. The number of aromatic amines is 1. The van der Waals surface area contributed by atoms with E-state index in [9.17, 15) is 14.4 Å². The Morgan fingerprint density at radius 3 is 2.61 bits per heavy atom. The predicted octanol–water partition coefficient (Wildman–Crippen LogP) is -0.0179. The summed E-state index contributed by atoms with van der Waals surface area (Å²) in [7, 11) is 0. The van der Waals surface area contributed by atoms with E-state index in [1.807, 2.05) is 4.90 Å². The largest absolute Gasteiger partial charge is 0.379 e. The fourth-order valence-corrected chi connectivity index (χ4v) is 4.56. The minimum atomic E-state index is -0.330. The summed E-state index contributed by atoms with van der Waals surface area (Å²) in [5.41, 5.74) is 6.54. The summed E-state index contributed by atoms with van der Waals surface area (Å²) in [6.07, 6.45) is 6.36. The molecule has 0 spiro atoms. The lowest BCUT2D eigenvalue weighted by Gasteiger charge is -2.26. The average molecular weight is 391 g/mol. The lowest BCUT2D eigenvalue weighted by atomic mass is 9.95. The van der Waals surface area contributed by atoms with Gasteiger partial charge < -0.3 is 9.72 Å². The number of aromatic nitrogens is 2.